The van der Waals surface area contributed by atoms with Gasteiger partial charge in [-0.05, 0) is 23.3 Å². The van der Waals surface area contributed by atoms with Crippen LogP contribution in [-0.2, 0) is 9.53 Å². The van der Waals surface area contributed by atoms with Crippen molar-refractivity contribution in [3.05, 3.63) is 22.1 Å². The minimum absolute atomic E-state index is 0.246. The predicted octanol–water partition coefficient (Wildman–Crippen LogP) is 1.87. The lowest BCUT2D eigenvalue weighted by molar-refractivity contribution is -0.140. The van der Waals surface area contributed by atoms with E-state index in [2.05, 4.69) is 0 Å². The maximum atomic E-state index is 10.5. The lowest BCUT2D eigenvalue weighted by Gasteiger charge is -2.13. The molecular weight excluding hydrogens is 188 g/mol. The van der Waals surface area contributed by atoms with E-state index in [1.807, 2.05) is 12.3 Å². The average Bonchev–Trinajstić information content (AvgIpc) is 2.29. The van der Waals surface area contributed by atoms with Crippen molar-refractivity contribution in [3.63, 3.8) is 0 Å². The van der Waals surface area contributed by atoms with E-state index in [1.54, 1.807) is 6.08 Å². The number of thiol groups is 1. The van der Waals surface area contributed by atoms with Crippen LogP contribution in [0.5, 0.6) is 0 Å². The van der Waals surface area contributed by atoms with E-state index in [0.717, 1.165) is 5.75 Å². The first kappa shape index (κ1) is 10.2. The number of carbonyl (C=O) groups excluding carboxylic acids is 1. The van der Waals surface area contributed by atoms with Crippen molar-refractivity contribution in [1.29, 1.82) is 0 Å². The lowest BCUT2D eigenvalue weighted by Crippen LogP contribution is -2.04. The van der Waals surface area contributed by atoms with Crippen LogP contribution >= 0.6 is 10.9 Å². The van der Waals surface area contributed by atoms with Crippen LogP contribution in [-0.4, -0.2) is 23.4 Å². The van der Waals surface area contributed by atoms with Crippen LogP contribution < -0.4 is 0 Å². The summed E-state index contributed by atoms with van der Waals surface area (Å²) in [6.45, 7) is 3.83. The van der Waals surface area contributed by atoms with Crippen molar-refractivity contribution >= 4 is 16.9 Å². The quantitative estimate of drug-likeness (QED) is 0.542. The van der Waals surface area contributed by atoms with Crippen molar-refractivity contribution in [3.8, 4) is 0 Å². The first-order chi connectivity index (χ1) is 6.09. The van der Waals surface area contributed by atoms with Crippen LogP contribution in [0.4, 0.5) is 0 Å². The minimum Gasteiger partial charge on any atom is -0.507 e. The molecule has 0 radical (unpaired) electrons. The van der Waals surface area contributed by atoms with Gasteiger partial charge in [-0.2, -0.15) is 0 Å². The van der Waals surface area contributed by atoms with Gasteiger partial charge in [-0.3, -0.25) is 4.79 Å². The Kier molecular flexibility index (Phi) is 3.42. The number of carbonyl (C=O) groups is 1. The summed E-state index contributed by atoms with van der Waals surface area (Å²) in [5.41, 5.74) is 0. The lowest BCUT2D eigenvalue weighted by atomic mass is 10.5. The maximum Gasteiger partial charge on any atom is 0.302 e. The van der Waals surface area contributed by atoms with Crippen LogP contribution in [0, 0.1) is 0 Å². The molecule has 1 aliphatic rings. The average molecular weight is 202 g/mol. The first-order valence-electron chi connectivity index (χ1n) is 4.08. The third-order valence-electron chi connectivity index (χ3n) is 1.74. The highest BCUT2D eigenvalue weighted by molar-refractivity contribution is 8.23. The Labute approximate surface area is 80.4 Å². The smallest absolute Gasteiger partial charge is 0.302 e. The third kappa shape index (κ3) is 3.14. The minimum atomic E-state index is -0.404. The van der Waals surface area contributed by atoms with Crippen LogP contribution in [0.3, 0.4) is 0 Å². The van der Waals surface area contributed by atoms with Gasteiger partial charge >= 0.3 is 5.97 Å². The molecule has 0 aromatic rings. The molecule has 1 heterocycles. The van der Waals surface area contributed by atoms with Crippen LogP contribution in [0.1, 0.15) is 13.8 Å². The highest BCUT2D eigenvalue weighted by atomic mass is 32.2. The molecule has 1 rings (SSSR count). The van der Waals surface area contributed by atoms with Crippen molar-refractivity contribution in [2.24, 2.45) is 0 Å². The van der Waals surface area contributed by atoms with E-state index in [0.29, 0.717) is 12.4 Å². The number of hydrogen-bond acceptors (Lipinski definition) is 3. The number of rotatable bonds is 3. The normalized spacial score (nSPS) is 23.7. The fourth-order valence-corrected chi connectivity index (χ4v) is 2.79. The van der Waals surface area contributed by atoms with Gasteiger partial charge in [0.05, 0.1) is 6.61 Å². The molecule has 4 heteroatoms. The molecule has 74 valence electrons. The molecule has 0 saturated carbocycles. The van der Waals surface area contributed by atoms with Gasteiger partial charge in [-0.1, -0.05) is 0 Å². The fraction of sp³-hybridized carbons (Fsp3) is 0.444. The van der Waals surface area contributed by atoms with E-state index in [1.165, 1.54) is 11.8 Å². The fourth-order valence-electron chi connectivity index (χ4n) is 1.12. The Hall–Kier alpha value is -0.900. The Morgan fingerprint density at radius 1 is 1.69 bits per heavy atom. The van der Waals surface area contributed by atoms with Crippen molar-refractivity contribution in [2.75, 3.05) is 12.4 Å². The van der Waals surface area contributed by atoms with Gasteiger partial charge in [-0.15, -0.1) is 0 Å². The second-order valence-corrected chi connectivity index (χ2v) is 5.22. The summed E-state index contributed by atoms with van der Waals surface area (Å²) >= 11 is 0. The monoisotopic (exact) mass is 202 g/mol. The van der Waals surface area contributed by atoms with Gasteiger partial charge in [0.2, 0.25) is 0 Å². The summed E-state index contributed by atoms with van der Waals surface area (Å²) in [6.07, 6.45) is 1.76. The van der Waals surface area contributed by atoms with Gasteiger partial charge in [0.15, 0.2) is 0 Å². The molecule has 3 nitrogen and oxygen atoms in total. The summed E-state index contributed by atoms with van der Waals surface area (Å²) in [5, 5.41) is 11.0. The SMILES string of the molecule is CC(=O)OCC[SH]1C=C(O)C=C1C. The largest absolute Gasteiger partial charge is 0.507 e. The number of aliphatic hydroxyl groups is 1. The molecule has 0 spiro atoms. The van der Waals surface area contributed by atoms with E-state index in [4.69, 9.17) is 4.74 Å². The Balaban J connectivity index is 2.31. The zero-order valence-corrected chi connectivity index (χ0v) is 8.67. The molecule has 0 aromatic heterocycles. The molecule has 0 aliphatic carbocycles. The predicted molar refractivity (Wildman–Crippen MR) is 55.0 cm³/mol. The Morgan fingerprint density at radius 3 is 2.85 bits per heavy atom. The Bertz CT molecular complexity index is 268. The van der Waals surface area contributed by atoms with Gasteiger partial charge in [0, 0.05) is 12.7 Å². The summed E-state index contributed by atoms with van der Waals surface area (Å²) in [6, 6.07) is 0. The summed E-state index contributed by atoms with van der Waals surface area (Å²) in [5.74, 6) is 0.900. The zero-order chi connectivity index (χ0) is 9.84. The maximum absolute atomic E-state index is 10.5. The molecule has 1 unspecified atom stereocenters. The molecular formula is C9H14O3S. The van der Waals surface area contributed by atoms with Crippen LogP contribution in [0.2, 0.25) is 0 Å². The molecule has 1 atom stereocenters. The third-order valence-corrected chi connectivity index (χ3v) is 4.01. The molecule has 0 amide bonds. The second-order valence-electron chi connectivity index (χ2n) is 2.87. The summed E-state index contributed by atoms with van der Waals surface area (Å²) < 4.78 is 4.83. The molecule has 0 saturated heterocycles. The summed E-state index contributed by atoms with van der Waals surface area (Å²) in [7, 11) is -0.404. The summed E-state index contributed by atoms with van der Waals surface area (Å²) in [4.78, 5) is 11.6. The Morgan fingerprint density at radius 2 is 2.38 bits per heavy atom. The number of hydrogen-bond donors (Lipinski definition) is 2. The van der Waals surface area contributed by atoms with Gasteiger partial charge < -0.3 is 9.84 Å². The molecule has 1 aliphatic heterocycles. The van der Waals surface area contributed by atoms with E-state index in [9.17, 15) is 9.90 Å². The van der Waals surface area contributed by atoms with E-state index < -0.39 is 10.9 Å². The molecule has 0 bridgehead atoms. The number of ether oxygens (including phenoxy) is 1. The van der Waals surface area contributed by atoms with Gasteiger partial charge in [0.25, 0.3) is 0 Å². The van der Waals surface area contributed by atoms with Gasteiger partial charge in [0.1, 0.15) is 5.76 Å². The van der Waals surface area contributed by atoms with Crippen LogP contribution in [0.25, 0.3) is 0 Å². The highest BCUT2D eigenvalue weighted by Crippen LogP contribution is 2.42. The van der Waals surface area contributed by atoms with Gasteiger partial charge in [-0.25, -0.2) is 10.9 Å². The number of esters is 1. The van der Waals surface area contributed by atoms with Crippen LogP contribution in [0.15, 0.2) is 22.1 Å². The zero-order valence-electron chi connectivity index (χ0n) is 7.78. The number of aliphatic hydroxyl groups excluding tert-OH is 1. The molecule has 1 N–H and O–H groups in total. The molecule has 0 aromatic carbocycles. The van der Waals surface area contributed by atoms with E-state index >= 15 is 0 Å². The second kappa shape index (κ2) is 4.37. The first-order valence-corrected chi connectivity index (χ1v) is 5.68. The number of allylic oxidation sites excluding steroid dienone is 2. The van der Waals surface area contributed by atoms with Crippen molar-refractivity contribution in [1.82, 2.24) is 0 Å². The topological polar surface area (TPSA) is 46.5 Å². The van der Waals surface area contributed by atoms with Crippen molar-refractivity contribution < 1.29 is 14.6 Å². The van der Waals surface area contributed by atoms with Crippen molar-refractivity contribution in [2.45, 2.75) is 13.8 Å². The highest BCUT2D eigenvalue weighted by Gasteiger charge is 2.11. The van der Waals surface area contributed by atoms with E-state index in [-0.39, 0.29) is 5.97 Å². The standard InChI is InChI=1S/C9H14O3S/c1-7-5-9(11)6-13(7)4-3-12-8(2)10/h5-6,11,13H,3-4H2,1-2H3. The molecule has 0 fully saturated rings. The molecule has 13 heavy (non-hydrogen) atoms.